The zero-order valence-electron chi connectivity index (χ0n) is 11.2. The molecule has 1 atom stereocenters. The highest BCUT2D eigenvalue weighted by atomic mass is 16.5. The van der Waals surface area contributed by atoms with Gasteiger partial charge in [-0.3, -0.25) is 4.90 Å². The monoisotopic (exact) mass is 250 g/mol. The summed E-state index contributed by atoms with van der Waals surface area (Å²) >= 11 is 0. The molecule has 0 amide bonds. The summed E-state index contributed by atoms with van der Waals surface area (Å²) in [6, 6.07) is 8.54. The topological polar surface area (TPSA) is 35.9 Å². The Hall–Kier alpha value is -1.10. The van der Waals surface area contributed by atoms with E-state index in [1.807, 2.05) is 14.1 Å². The highest BCUT2D eigenvalue weighted by Crippen LogP contribution is 2.14. The Bertz CT molecular complexity index is 365. The molecule has 0 spiro atoms. The van der Waals surface area contributed by atoms with Gasteiger partial charge in [0, 0.05) is 39.4 Å². The van der Waals surface area contributed by atoms with Crippen molar-refractivity contribution in [3.05, 3.63) is 29.8 Å². The van der Waals surface area contributed by atoms with Crippen LogP contribution in [0.4, 0.5) is 5.69 Å². The van der Waals surface area contributed by atoms with E-state index in [1.54, 1.807) is 0 Å². The van der Waals surface area contributed by atoms with E-state index in [1.165, 1.54) is 11.3 Å². The quantitative estimate of drug-likeness (QED) is 0.866. The molecular formula is C14H22N2O2. The maximum atomic E-state index is 9.68. The molecule has 1 saturated heterocycles. The van der Waals surface area contributed by atoms with Gasteiger partial charge in [-0.05, 0) is 17.7 Å². The minimum Gasteiger partial charge on any atom is -0.389 e. The first-order valence-corrected chi connectivity index (χ1v) is 6.39. The Kier molecular flexibility index (Phi) is 4.58. The fourth-order valence-corrected chi connectivity index (χ4v) is 2.16. The first-order valence-electron chi connectivity index (χ1n) is 6.39. The fraction of sp³-hybridized carbons (Fsp3) is 0.571. The number of hydrogen-bond donors (Lipinski definition) is 1. The Balaban J connectivity index is 1.95. The zero-order chi connectivity index (χ0) is 13.0. The van der Waals surface area contributed by atoms with Crippen LogP contribution >= 0.6 is 0 Å². The number of ether oxygens (including phenoxy) is 1. The van der Waals surface area contributed by atoms with Crippen molar-refractivity contribution in [2.45, 2.75) is 12.6 Å². The summed E-state index contributed by atoms with van der Waals surface area (Å²) in [6.07, 6.45) is -0.367. The van der Waals surface area contributed by atoms with Crippen molar-refractivity contribution in [3.63, 3.8) is 0 Å². The van der Waals surface area contributed by atoms with Gasteiger partial charge in [-0.15, -0.1) is 0 Å². The first-order chi connectivity index (χ1) is 8.65. The molecule has 2 rings (SSSR count). The maximum absolute atomic E-state index is 9.68. The molecule has 1 N–H and O–H groups in total. The number of benzene rings is 1. The lowest BCUT2D eigenvalue weighted by Crippen LogP contribution is -2.32. The van der Waals surface area contributed by atoms with E-state index in [9.17, 15) is 5.11 Å². The number of nitrogens with zero attached hydrogens (tertiary/aromatic N) is 2. The molecule has 1 aromatic carbocycles. The van der Waals surface area contributed by atoms with Crippen molar-refractivity contribution < 1.29 is 9.84 Å². The summed E-state index contributed by atoms with van der Waals surface area (Å²) < 4.78 is 5.33. The lowest BCUT2D eigenvalue weighted by molar-refractivity contribution is 0.0562. The second-order valence-corrected chi connectivity index (χ2v) is 5.02. The van der Waals surface area contributed by atoms with Gasteiger partial charge in [-0.1, -0.05) is 12.1 Å². The summed E-state index contributed by atoms with van der Waals surface area (Å²) in [6.45, 7) is 3.60. The van der Waals surface area contributed by atoms with Crippen molar-refractivity contribution >= 4 is 5.69 Å². The molecule has 4 heteroatoms. The summed E-state index contributed by atoms with van der Waals surface area (Å²) in [5.41, 5.74) is 2.48. The fourth-order valence-electron chi connectivity index (χ4n) is 2.16. The minimum absolute atomic E-state index is 0.367. The molecule has 0 aliphatic carbocycles. The molecule has 100 valence electrons. The number of anilines is 1. The zero-order valence-corrected chi connectivity index (χ0v) is 11.2. The molecule has 4 nitrogen and oxygen atoms in total. The van der Waals surface area contributed by atoms with E-state index >= 15 is 0 Å². The maximum Gasteiger partial charge on any atom is 0.0900 e. The van der Waals surface area contributed by atoms with Crippen LogP contribution in [-0.2, 0) is 11.3 Å². The minimum atomic E-state index is -0.367. The van der Waals surface area contributed by atoms with Gasteiger partial charge in [-0.2, -0.15) is 0 Å². The molecule has 0 unspecified atom stereocenters. The van der Waals surface area contributed by atoms with Gasteiger partial charge in [0.2, 0.25) is 0 Å². The van der Waals surface area contributed by atoms with E-state index in [4.69, 9.17) is 4.74 Å². The van der Waals surface area contributed by atoms with Gasteiger partial charge in [0.25, 0.3) is 0 Å². The van der Waals surface area contributed by atoms with Crippen molar-refractivity contribution in [1.29, 1.82) is 0 Å². The van der Waals surface area contributed by atoms with Crippen LogP contribution in [0.15, 0.2) is 24.3 Å². The van der Waals surface area contributed by atoms with Crippen LogP contribution in [0.5, 0.6) is 0 Å². The van der Waals surface area contributed by atoms with E-state index in [2.05, 4.69) is 34.1 Å². The highest BCUT2D eigenvalue weighted by molar-refractivity contribution is 5.45. The molecular weight excluding hydrogens is 228 g/mol. The van der Waals surface area contributed by atoms with Gasteiger partial charge in [0.1, 0.15) is 0 Å². The third kappa shape index (κ3) is 3.70. The predicted molar refractivity (Wildman–Crippen MR) is 72.9 cm³/mol. The van der Waals surface area contributed by atoms with Crippen molar-refractivity contribution in [1.82, 2.24) is 4.90 Å². The van der Waals surface area contributed by atoms with Crippen LogP contribution in [0.2, 0.25) is 0 Å². The molecule has 0 saturated carbocycles. The standard InChI is InChI=1S/C14H22N2O2/c1-15(2)13-5-3-12(4-6-13)9-16-7-8-18-11-14(17)10-16/h3-6,14,17H,7-11H2,1-2H3/t14-/m1/s1. The normalized spacial score (nSPS) is 21.6. The van der Waals surface area contributed by atoms with Crippen LogP contribution in [0.1, 0.15) is 5.56 Å². The molecule has 18 heavy (non-hydrogen) atoms. The third-order valence-corrected chi connectivity index (χ3v) is 3.19. The Labute approximate surface area is 109 Å². The Morgan fingerprint density at radius 3 is 2.72 bits per heavy atom. The van der Waals surface area contributed by atoms with E-state index in [0.29, 0.717) is 19.8 Å². The first kappa shape index (κ1) is 13.3. The number of aliphatic hydroxyl groups is 1. The summed E-state index contributed by atoms with van der Waals surface area (Å²) in [5.74, 6) is 0. The molecule has 0 aromatic heterocycles. The number of aliphatic hydroxyl groups excluding tert-OH is 1. The van der Waals surface area contributed by atoms with Crippen molar-refractivity contribution in [2.75, 3.05) is 45.3 Å². The smallest absolute Gasteiger partial charge is 0.0900 e. The SMILES string of the molecule is CN(C)c1ccc(CN2CCOC[C@H](O)C2)cc1. The number of rotatable bonds is 3. The van der Waals surface area contributed by atoms with Gasteiger partial charge >= 0.3 is 0 Å². The van der Waals surface area contributed by atoms with E-state index in [0.717, 1.165) is 13.1 Å². The molecule has 1 aliphatic rings. The van der Waals surface area contributed by atoms with E-state index in [-0.39, 0.29) is 6.10 Å². The number of hydrogen-bond acceptors (Lipinski definition) is 4. The molecule has 1 aliphatic heterocycles. The van der Waals surface area contributed by atoms with Crippen molar-refractivity contribution in [3.8, 4) is 0 Å². The van der Waals surface area contributed by atoms with Gasteiger partial charge in [0.05, 0.1) is 19.3 Å². The van der Waals surface area contributed by atoms with Crippen LogP contribution < -0.4 is 4.90 Å². The lowest BCUT2D eigenvalue weighted by atomic mass is 10.2. The molecule has 0 bridgehead atoms. The van der Waals surface area contributed by atoms with Gasteiger partial charge < -0.3 is 14.7 Å². The van der Waals surface area contributed by atoms with Crippen molar-refractivity contribution in [2.24, 2.45) is 0 Å². The second-order valence-electron chi connectivity index (χ2n) is 5.02. The van der Waals surface area contributed by atoms with Crippen LogP contribution in [-0.4, -0.2) is 56.5 Å². The molecule has 1 aromatic rings. The molecule has 1 fully saturated rings. The predicted octanol–water partition coefficient (Wildman–Crippen LogP) is 0.946. The largest absolute Gasteiger partial charge is 0.389 e. The summed E-state index contributed by atoms with van der Waals surface area (Å²) in [5, 5.41) is 9.68. The second kappa shape index (κ2) is 6.18. The third-order valence-electron chi connectivity index (χ3n) is 3.19. The average Bonchev–Trinajstić information content (AvgIpc) is 2.54. The summed E-state index contributed by atoms with van der Waals surface area (Å²) in [7, 11) is 4.08. The Morgan fingerprint density at radius 2 is 2.06 bits per heavy atom. The Morgan fingerprint density at radius 1 is 1.33 bits per heavy atom. The lowest BCUT2D eigenvalue weighted by Gasteiger charge is -2.21. The van der Waals surface area contributed by atoms with Crippen LogP contribution in [0.3, 0.4) is 0 Å². The average molecular weight is 250 g/mol. The van der Waals surface area contributed by atoms with Crippen LogP contribution in [0, 0.1) is 0 Å². The van der Waals surface area contributed by atoms with Crippen LogP contribution in [0.25, 0.3) is 0 Å². The van der Waals surface area contributed by atoms with E-state index < -0.39 is 0 Å². The molecule has 1 heterocycles. The van der Waals surface area contributed by atoms with Gasteiger partial charge in [0.15, 0.2) is 0 Å². The number of β-amino-alcohol motifs (C(OH)–C–C–N with tert-alkyl or cyclic N) is 1. The summed E-state index contributed by atoms with van der Waals surface area (Å²) in [4.78, 5) is 4.33. The van der Waals surface area contributed by atoms with Gasteiger partial charge in [-0.25, -0.2) is 0 Å². The molecule has 0 radical (unpaired) electrons. The highest BCUT2D eigenvalue weighted by Gasteiger charge is 2.16.